The van der Waals surface area contributed by atoms with Crippen molar-refractivity contribution in [3.05, 3.63) is 59.1 Å². The van der Waals surface area contributed by atoms with E-state index in [1.54, 1.807) is 0 Å². The Kier molecular flexibility index (Phi) is 5.34. The highest BCUT2D eigenvalue weighted by Gasteiger charge is 2.20. The summed E-state index contributed by atoms with van der Waals surface area (Å²) in [4.78, 5) is 22.5. The molecule has 1 rings (SSSR count). The van der Waals surface area contributed by atoms with Gasteiger partial charge in [-0.15, -0.1) is 0 Å². The smallest absolute Gasteiger partial charge is 0.336 e. The van der Waals surface area contributed by atoms with Gasteiger partial charge in [0.25, 0.3) is 0 Å². The summed E-state index contributed by atoms with van der Waals surface area (Å²) in [7, 11) is 0. The molecular weight excluding hydrogens is 264 g/mol. The van der Waals surface area contributed by atoms with Crippen LogP contribution in [-0.4, -0.2) is 32.4 Å². The number of aliphatic hydroxyl groups is 2. The topological polar surface area (TPSA) is 115 Å². The molecule has 0 aromatic heterocycles. The fourth-order valence-electron chi connectivity index (χ4n) is 1.90. The van der Waals surface area contributed by atoms with Crippen LogP contribution in [0.5, 0.6) is 0 Å². The largest absolute Gasteiger partial charge is 0.516 e. The zero-order valence-corrected chi connectivity index (χ0v) is 10.5. The summed E-state index contributed by atoms with van der Waals surface area (Å²) in [5, 5.41) is 35.7. The van der Waals surface area contributed by atoms with Gasteiger partial charge in [0, 0.05) is 0 Å². The predicted molar refractivity (Wildman–Crippen MR) is 71.3 cm³/mol. The molecule has 1 aromatic carbocycles. The van der Waals surface area contributed by atoms with Gasteiger partial charge in [0.2, 0.25) is 0 Å². The molecule has 0 aliphatic heterocycles. The van der Waals surface area contributed by atoms with Crippen molar-refractivity contribution in [2.75, 3.05) is 0 Å². The summed E-state index contributed by atoms with van der Waals surface area (Å²) in [6.45, 7) is 0. The summed E-state index contributed by atoms with van der Waals surface area (Å²) < 4.78 is 0. The first-order valence-corrected chi connectivity index (χ1v) is 5.72. The molecule has 6 heteroatoms. The van der Waals surface area contributed by atoms with E-state index in [0.717, 1.165) is 12.5 Å². The number of aromatic carboxylic acids is 2. The lowest BCUT2D eigenvalue weighted by molar-refractivity contribution is 0.0694. The zero-order chi connectivity index (χ0) is 15.1. The van der Waals surface area contributed by atoms with E-state index in [4.69, 9.17) is 15.3 Å². The average Bonchev–Trinajstić information content (AvgIpc) is 2.41. The number of allylic oxidation sites excluding steroid dienone is 2. The number of aliphatic hydroxyl groups excluding tert-OH is 2. The second-order valence-electron chi connectivity index (χ2n) is 3.91. The van der Waals surface area contributed by atoms with Crippen molar-refractivity contribution in [3.8, 4) is 0 Å². The van der Waals surface area contributed by atoms with Crippen LogP contribution < -0.4 is 0 Å². The number of benzene rings is 1. The number of rotatable bonds is 6. The fourth-order valence-corrected chi connectivity index (χ4v) is 1.90. The van der Waals surface area contributed by atoms with E-state index in [2.05, 4.69) is 0 Å². The summed E-state index contributed by atoms with van der Waals surface area (Å²) in [5.41, 5.74) is 0.242. The molecule has 20 heavy (non-hydrogen) atoms. The molecule has 0 saturated carbocycles. The highest BCUT2D eigenvalue weighted by atomic mass is 16.4. The molecule has 0 spiro atoms. The SMILES string of the molecule is O=C(O)c1ccc(CC=CO)c(C(=O)O)c1CC=CO. The Morgan fingerprint density at radius 3 is 2.05 bits per heavy atom. The third kappa shape index (κ3) is 3.38. The van der Waals surface area contributed by atoms with Crippen LogP contribution in [0.1, 0.15) is 31.8 Å². The third-order valence-corrected chi connectivity index (χ3v) is 2.71. The van der Waals surface area contributed by atoms with Crippen molar-refractivity contribution in [3.63, 3.8) is 0 Å². The van der Waals surface area contributed by atoms with E-state index in [9.17, 15) is 14.7 Å². The molecule has 0 aliphatic carbocycles. The molecule has 6 nitrogen and oxygen atoms in total. The molecule has 0 aliphatic rings. The van der Waals surface area contributed by atoms with Crippen LogP contribution in [0.2, 0.25) is 0 Å². The molecule has 0 bridgehead atoms. The third-order valence-electron chi connectivity index (χ3n) is 2.71. The number of hydrogen-bond acceptors (Lipinski definition) is 4. The Morgan fingerprint density at radius 2 is 1.55 bits per heavy atom. The van der Waals surface area contributed by atoms with E-state index in [1.807, 2.05) is 0 Å². The Hall–Kier alpha value is -2.76. The normalized spacial score (nSPS) is 11.2. The van der Waals surface area contributed by atoms with Gasteiger partial charge < -0.3 is 20.4 Å². The molecule has 106 valence electrons. The van der Waals surface area contributed by atoms with Crippen molar-refractivity contribution >= 4 is 11.9 Å². The van der Waals surface area contributed by atoms with Crippen molar-refractivity contribution in [1.82, 2.24) is 0 Å². The summed E-state index contributed by atoms with van der Waals surface area (Å²) in [6, 6.07) is 2.72. The summed E-state index contributed by atoms with van der Waals surface area (Å²) in [6.07, 6.45) is 4.29. The fraction of sp³-hybridized carbons (Fsp3) is 0.143. The number of carbonyl (C=O) groups is 2. The van der Waals surface area contributed by atoms with Gasteiger partial charge in [-0.1, -0.05) is 6.07 Å². The first-order chi connectivity index (χ1) is 9.52. The van der Waals surface area contributed by atoms with Gasteiger partial charge in [0.15, 0.2) is 0 Å². The van der Waals surface area contributed by atoms with Crippen LogP contribution in [0.4, 0.5) is 0 Å². The molecule has 1 aromatic rings. The molecule has 0 unspecified atom stereocenters. The standard InChI is InChI=1S/C14H14O6/c15-7-1-3-9-5-6-11(13(17)18)10(4-2-8-16)12(9)14(19)20/h1-2,5-8,15-16H,3-4H2,(H,17,18)(H,19,20). The lowest BCUT2D eigenvalue weighted by Gasteiger charge is -2.12. The average molecular weight is 278 g/mol. The van der Waals surface area contributed by atoms with Crippen molar-refractivity contribution < 1.29 is 30.0 Å². The van der Waals surface area contributed by atoms with Crippen LogP contribution in [-0.2, 0) is 12.8 Å². The second-order valence-corrected chi connectivity index (χ2v) is 3.91. The molecule has 4 N–H and O–H groups in total. The molecule has 0 amide bonds. The van der Waals surface area contributed by atoms with E-state index in [0.29, 0.717) is 5.56 Å². The second kappa shape index (κ2) is 6.98. The van der Waals surface area contributed by atoms with Crippen LogP contribution in [0.3, 0.4) is 0 Å². The van der Waals surface area contributed by atoms with E-state index < -0.39 is 11.9 Å². The molecule has 0 radical (unpaired) electrons. The highest BCUT2D eigenvalue weighted by Crippen LogP contribution is 2.22. The molecule has 0 fully saturated rings. The monoisotopic (exact) mass is 278 g/mol. The minimum absolute atomic E-state index is 0.0174. The molecule has 0 atom stereocenters. The first kappa shape index (κ1) is 15.3. The van der Waals surface area contributed by atoms with Gasteiger partial charge in [0.05, 0.1) is 23.7 Å². The van der Waals surface area contributed by atoms with Gasteiger partial charge >= 0.3 is 11.9 Å². The molecular formula is C14H14O6. The van der Waals surface area contributed by atoms with Gasteiger partial charge in [-0.25, -0.2) is 9.59 Å². The molecule has 0 saturated heterocycles. The Morgan fingerprint density at radius 1 is 0.950 bits per heavy atom. The van der Waals surface area contributed by atoms with Crippen molar-refractivity contribution in [2.45, 2.75) is 12.8 Å². The van der Waals surface area contributed by atoms with Gasteiger partial charge in [-0.05, 0) is 42.2 Å². The predicted octanol–water partition coefficient (Wildman–Crippen LogP) is 2.31. The van der Waals surface area contributed by atoms with Crippen molar-refractivity contribution in [1.29, 1.82) is 0 Å². The van der Waals surface area contributed by atoms with Crippen LogP contribution >= 0.6 is 0 Å². The Balaban J connectivity index is 3.51. The number of carboxylic acids is 2. The Bertz CT molecular complexity index is 571. The quantitative estimate of drug-likeness (QED) is 0.593. The van der Waals surface area contributed by atoms with Crippen molar-refractivity contribution in [2.24, 2.45) is 0 Å². The maximum absolute atomic E-state index is 11.4. The lowest BCUT2D eigenvalue weighted by Crippen LogP contribution is -2.12. The Labute approximate surface area is 114 Å². The van der Waals surface area contributed by atoms with Gasteiger partial charge in [0.1, 0.15) is 0 Å². The first-order valence-electron chi connectivity index (χ1n) is 5.72. The maximum Gasteiger partial charge on any atom is 0.336 e. The minimum Gasteiger partial charge on any atom is -0.516 e. The van der Waals surface area contributed by atoms with E-state index in [-0.39, 0.29) is 29.5 Å². The van der Waals surface area contributed by atoms with Crippen LogP contribution in [0, 0.1) is 0 Å². The number of hydrogen-bond donors (Lipinski definition) is 4. The summed E-state index contributed by atoms with van der Waals surface area (Å²) in [5.74, 6) is -2.49. The minimum atomic E-state index is -1.25. The van der Waals surface area contributed by atoms with Crippen LogP contribution in [0.15, 0.2) is 36.8 Å². The van der Waals surface area contributed by atoms with E-state index in [1.165, 1.54) is 24.3 Å². The van der Waals surface area contributed by atoms with Crippen LogP contribution in [0.25, 0.3) is 0 Å². The van der Waals surface area contributed by atoms with Gasteiger partial charge in [-0.2, -0.15) is 0 Å². The lowest BCUT2D eigenvalue weighted by atomic mass is 9.92. The maximum atomic E-state index is 11.4. The highest BCUT2D eigenvalue weighted by molar-refractivity contribution is 5.98. The van der Waals surface area contributed by atoms with E-state index >= 15 is 0 Å². The van der Waals surface area contributed by atoms with Gasteiger partial charge in [-0.3, -0.25) is 0 Å². The molecule has 0 heterocycles. The zero-order valence-electron chi connectivity index (χ0n) is 10.5. The number of carboxylic acid groups (broad SMARTS) is 2. The summed E-state index contributed by atoms with van der Waals surface area (Å²) >= 11 is 0.